The van der Waals surface area contributed by atoms with Gasteiger partial charge in [-0.25, -0.2) is 0 Å². The first kappa shape index (κ1) is 20.8. The van der Waals surface area contributed by atoms with Crippen molar-refractivity contribution in [2.45, 2.75) is 48.6 Å². The van der Waals surface area contributed by atoms with Crippen LogP contribution in [0.25, 0.3) is 0 Å². The molecule has 10 heteroatoms. The summed E-state index contributed by atoms with van der Waals surface area (Å²) in [5, 5.41) is 19.7. The predicted molar refractivity (Wildman–Crippen MR) is 121 cm³/mol. The lowest BCUT2D eigenvalue weighted by Gasteiger charge is -2.38. The van der Waals surface area contributed by atoms with E-state index in [9.17, 15) is 10.1 Å². The normalized spacial score (nSPS) is 20.1. The number of Topliss-reactive ketones (excluding diaryl/α,β-unsaturated/α-hetero) is 1. The van der Waals surface area contributed by atoms with Gasteiger partial charge in [0.25, 0.3) is 0 Å². The molecule has 2 aliphatic heterocycles. The zero-order chi connectivity index (χ0) is 22.4. The molecule has 1 aliphatic carbocycles. The van der Waals surface area contributed by atoms with Crippen molar-refractivity contribution in [2.24, 2.45) is 5.73 Å². The number of nitriles is 1. The number of thioether (sulfide) groups is 1. The summed E-state index contributed by atoms with van der Waals surface area (Å²) in [7, 11) is 0. The molecule has 5 rings (SSSR count). The molecule has 32 heavy (non-hydrogen) atoms. The molecule has 0 radical (unpaired) electrons. The SMILES string of the molecule is CC(C)Sc1nnc(N2C(N)=C(C#N)[C@H](c3ccc4c(c3)OCO4)C3=C2CCCC3=O)s1. The minimum atomic E-state index is -0.550. The number of ketones is 1. The molecule has 1 atom stereocenters. The van der Waals surface area contributed by atoms with Gasteiger partial charge in [-0.15, -0.1) is 10.2 Å². The van der Waals surface area contributed by atoms with Crippen LogP contribution in [0.2, 0.25) is 0 Å². The molecule has 0 amide bonds. The standard InChI is InChI=1S/C22H21N5O3S2/c1-11(2)31-22-26-25-21(32-22)27-14-4-3-5-15(28)19(14)18(13(9-23)20(27)24)12-6-7-16-17(8-12)30-10-29-16/h6-8,11,18H,3-5,10,24H2,1-2H3/t18-/m0/s1. The summed E-state index contributed by atoms with van der Waals surface area (Å²) in [5.74, 6) is 1.02. The Hall–Kier alpha value is -3.03. The smallest absolute Gasteiger partial charge is 0.231 e. The number of ether oxygens (including phenoxy) is 2. The van der Waals surface area contributed by atoms with Crippen LogP contribution in [0.4, 0.5) is 5.13 Å². The Morgan fingerprint density at radius 2 is 2.09 bits per heavy atom. The second-order valence-electron chi connectivity index (χ2n) is 7.95. The second kappa shape index (κ2) is 8.15. The fraction of sp³-hybridized carbons (Fsp3) is 0.364. The Balaban J connectivity index is 1.65. The number of nitrogens with two attached hydrogens (primary N) is 1. The maximum atomic E-state index is 13.2. The molecule has 2 aromatic rings. The molecule has 3 heterocycles. The molecule has 2 N–H and O–H groups in total. The lowest BCUT2D eigenvalue weighted by atomic mass is 9.76. The summed E-state index contributed by atoms with van der Waals surface area (Å²) in [6.07, 6.45) is 1.84. The summed E-state index contributed by atoms with van der Waals surface area (Å²) in [6.45, 7) is 4.33. The average Bonchev–Trinajstić information content (AvgIpc) is 3.41. The fourth-order valence-electron chi connectivity index (χ4n) is 4.27. The molecule has 0 unspecified atom stereocenters. The van der Waals surface area contributed by atoms with E-state index in [4.69, 9.17) is 15.2 Å². The summed E-state index contributed by atoms with van der Waals surface area (Å²) in [5.41, 5.74) is 9.10. The van der Waals surface area contributed by atoms with E-state index in [2.05, 4.69) is 30.1 Å². The quantitative estimate of drug-likeness (QED) is 0.664. The number of carbonyl (C=O) groups is 1. The molecule has 0 bridgehead atoms. The number of rotatable bonds is 4. The molecular formula is C22H21N5O3S2. The number of carbonyl (C=O) groups excluding carboxylic acids is 1. The van der Waals surface area contributed by atoms with Gasteiger partial charge in [0.2, 0.25) is 11.9 Å². The van der Waals surface area contributed by atoms with Crippen LogP contribution < -0.4 is 20.1 Å². The number of aromatic nitrogens is 2. The van der Waals surface area contributed by atoms with Crippen LogP contribution in [0.3, 0.4) is 0 Å². The number of hydrogen-bond donors (Lipinski definition) is 1. The molecule has 0 saturated carbocycles. The van der Waals surface area contributed by atoms with Crippen molar-refractivity contribution in [3.8, 4) is 17.6 Å². The van der Waals surface area contributed by atoms with Gasteiger partial charge in [0.1, 0.15) is 5.82 Å². The van der Waals surface area contributed by atoms with Gasteiger partial charge >= 0.3 is 0 Å². The average molecular weight is 468 g/mol. The van der Waals surface area contributed by atoms with Crippen molar-refractivity contribution in [2.75, 3.05) is 11.7 Å². The molecule has 0 fully saturated rings. The van der Waals surface area contributed by atoms with Crippen molar-refractivity contribution in [3.63, 3.8) is 0 Å². The Morgan fingerprint density at radius 1 is 1.28 bits per heavy atom. The van der Waals surface area contributed by atoms with Crippen LogP contribution in [-0.2, 0) is 4.79 Å². The number of fused-ring (bicyclic) bond motifs is 1. The van der Waals surface area contributed by atoms with Crippen LogP contribution in [0, 0.1) is 11.3 Å². The van der Waals surface area contributed by atoms with E-state index in [1.807, 2.05) is 18.2 Å². The van der Waals surface area contributed by atoms with Crippen molar-refractivity contribution in [3.05, 3.63) is 46.4 Å². The third-order valence-corrected chi connectivity index (χ3v) is 7.56. The van der Waals surface area contributed by atoms with Gasteiger partial charge in [-0.2, -0.15) is 5.26 Å². The van der Waals surface area contributed by atoms with Crippen molar-refractivity contribution < 1.29 is 14.3 Å². The third kappa shape index (κ3) is 3.42. The van der Waals surface area contributed by atoms with Crippen LogP contribution in [0.5, 0.6) is 11.5 Å². The van der Waals surface area contributed by atoms with E-state index in [0.29, 0.717) is 51.7 Å². The van der Waals surface area contributed by atoms with Crippen molar-refractivity contribution in [1.29, 1.82) is 5.26 Å². The van der Waals surface area contributed by atoms with Crippen molar-refractivity contribution >= 4 is 34.0 Å². The van der Waals surface area contributed by atoms with Gasteiger partial charge < -0.3 is 15.2 Å². The number of allylic oxidation sites excluding steroid dienone is 3. The molecule has 8 nitrogen and oxygen atoms in total. The molecular weight excluding hydrogens is 446 g/mol. The van der Waals surface area contributed by atoms with Crippen LogP contribution in [0.15, 0.2) is 45.2 Å². The van der Waals surface area contributed by atoms with Crippen molar-refractivity contribution in [1.82, 2.24) is 10.2 Å². The first-order valence-corrected chi connectivity index (χ1v) is 12.0. The summed E-state index contributed by atoms with van der Waals surface area (Å²) < 4.78 is 11.8. The Kier molecular flexibility index (Phi) is 5.31. The monoisotopic (exact) mass is 467 g/mol. The topological polar surface area (TPSA) is 114 Å². The number of anilines is 1. The van der Waals surface area contributed by atoms with Crippen LogP contribution >= 0.6 is 23.1 Å². The number of benzene rings is 1. The predicted octanol–water partition coefficient (Wildman–Crippen LogP) is 4.07. The molecule has 0 spiro atoms. The van der Waals surface area contributed by atoms with E-state index >= 15 is 0 Å². The van der Waals surface area contributed by atoms with Gasteiger partial charge in [-0.1, -0.05) is 43.0 Å². The third-order valence-electron chi connectivity index (χ3n) is 5.57. The van der Waals surface area contributed by atoms with Gasteiger partial charge in [0, 0.05) is 22.9 Å². The van der Waals surface area contributed by atoms with Gasteiger partial charge in [-0.3, -0.25) is 9.69 Å². The Morgan fingerprint density at radius 3 is 2.88 bits per heavy atom. The lowest BCUT2D eigenvalue weighted by Crippen LogP contribution is -2.38. The summed E-state index contributed by atoms with van der Waals surface area (Å²) in [4.78, 5) is 15.0. The highest BCUT2D eigenvalue weighted by molar-refractivity contribution is 8.01. The maximum Gasteiger partial charge on any atom is 0.231 e. The maximum absolute atomic E-state index is 13.2. The Bertz CT molecular complexity index is 1210. The van der Waals surface area contributed by atoms with E-state index in [-0.39, 0.29) is 12.6 Å². The zero-order valence-corrected chi connectivity index (χ0v) is 19.3. The van der Waals surface area contributed by atoms with E-state index < -0.39 is 5.92 Å². The molecule has 164 valence electrons. The van der Waals surface area contributed by atoms with E-state index in [1.54, 1.807) is 16.7 Å². The highest BCUT2D eigenvalue weighted by Crippen LogP contribution is 2.48. The minimum absolute atomic E-state index is 0.0282. The van der Waals surface area contributed by atoms with Gasteiger partial charge in [-0.05, 0) is 30.5 Å². The van der Waals surface area contributed by atoms with Gasteiger partial charge in [0.15, 0.2) is 21.6 Å². The molecule has 1 aromatic carbocycles. The first-order valence-electron chi connectivity index (χ1n) is 10.3. The minimum Gasteiger partial charge on any atom is -0.454 e. The van der Waals surface area contributed by atoms with Gasteiger partial charge in [0.05, 0.1) is 17.6 Å². The van der Waals surface area contributed by atoms with Crippen LogP contribution in [-0.4, -0.2) is 28.0 Å². The fourth-order valence-corrected chi connectivity index (χ4v) is 6.38. The Labute approximate surface area is 193 Å². The van der Waals surface area contributed by atoms with E-state index in [1.165, 1.54) is 11.3 Å². The highest BCUT2D eigenvalue weighted by atomic mass is 32.2. The summed E-state index contributed by atoms with van der Waals surface area (Å²) in [6, 6.07) is 7.78. The highest BCUT2D eigenvalue weighted by Gasteiger charge is 2.41. The molecule has 3 aliphatic rings. The second-order valence-corrected chi connectivity index (χ2v) is 10.7. The zero-order valence-electron chi connectivity index (χ0n) is 17.6. The lowest BCUT2D eigenvalue weighted by molar-refractivity contribution is -0.116. The molecule has 1 aromatic heterocycles. The number of hydrogen-bond acceptors (Lipinski definition) is 10. The van der Waals surface area contributed by atoms with Crippen LogP contribution in [0.1, 0.15) is 44.6 Å². The first-order chi connectivity index (χ1) is 15.5. The number of nitrogens with zero attached hydrogens (tertiary/aromatic N) is 4. The largest absolute Gasteiger partial charge is 0.454 e. The summed E-state index contributed by atoms with van der Waals surface area (Å²) >= 11 is 3.03. The molecule has 0 saturated heterocycles. The van der Waals surface area contributed by atoms with E-state index in [0.717, 1.165) is 22.0 Å².